The molecule has 2 aliphatic heterocycles. The highest BCUT2D eigenvalue weighted by atomic mass is 16.5. The second kappa shape index (κ2) is 10.8. The van der Waals surface area contributed by atoms with Crippen molar-refractivity contribution in [2.24, 2.45) is 0 Å². The molecule has 2 aromatic carbocycles. The van der Waals surface area contributed by atoms with Gasteiger partial charge in [-0.3, -0.25) is 19.2 Å². The quantitative estimate of drug-likeness (QED) is 0.348. The van der Waals surface area contributed by atoms with E-state index in [4.69, 9.17) is 18.9 Å². The first kappa shape index (κ1) is 24.5. The van der Waals surface area contributed by atoms with Crippen molar-refractivity contribution in [1.82, 2.24) is 0 Å². The molecule has 0 bridgehead atoms. The van der Waals surface area contributed by atoms with Crippen molar-refractivity contribution in [3.05, 3.63) is 60.7 Å². The third kappa shape index (κ3) is 5.07. The molecule has 36 heavy (non-hydrogen) atoms. The summed E-state index contributed by atoms with van der Waals surface area (Å²) in [6.45, 7) is 4.55. The molecule has 0 atom stereocenters. The molecule has 0 saturated carbocycles. The summed E-state index contributed by atoms with van der Waals surface area (Å²) in [5.41, 5.74) is 0.550. The predicted octanol–water partition coefficient (Wildman–Crippen LogP) is 2.80. The summed E-state index contributed by atoms with van der Waals surface area (Å²) in [6, 6.07) is 9.62. The standard InChI is InChI=1S/C26H24N2O8/c1-3-33-17-5-7-19(27-23(29)9-10-24(27)30)21(15-17)35-13-14-36-22-16-18(34-4-2)6-8-20(22)28-25(31)11-12-26(28)32/h5-12,15-16H,3-4,13-14H2,1-2H3. The van der Waals surface area contributed by atoms with Crippen LogP contribution in [0.15, 0.2) is 60.7 Å². The van der Waals surface area contributed by atoms with Crippen molar-refractivity contribution >= 4 is 35.0 Å². The number of imide groups is 2. The number of anilines is 2. The van der Waals surface area contributed by atoms with E-state index in [1.54, 1.807) is 36.4 Å². The maximum absolute atomic E-state index is 12.2. The SMILES string of the molecule is CCOc1ccc(N2C(=O)C=CC2=O)c(OCCOc2cc(OCC)ccc2N2C(=O)C=CC2=O)c1. The third-order valence-corrected chi connectivity index (χ3v) is 5.18. The summed E-state index contributed by atoms with van der Waals surface area (Å²) in [4.78, 5) is 50.8. The van der Waals surface area contributed by atoms with Crippen LogP contribution in [-0.4, -0.2) is 50.1 Å². The third-order valence-electron chi connectivity index (χ3n) is 5.18. The van der Waals surface area contributed by atoms with Crippen LogP contribution in [0.4, 0.5) is 11.4 Å². The second-order valence-electron chi connectivity index (χ2n) is 7.51. The van der Waals surface area contributed by atoms with Gasteiger partial charge in [-0.05, 0) is 38.1 Å². The normalized spacial score (nSPS) is 14.7. The molecule has 0 N–H and O–H groups in total. The van der Waals surface area contributed by atoms with Crippen molar-refractivity contribution in [2.75, 3.05) is 36.2 Å². The lowest BCUT2D eigenvalue weighted by atomic mass is 10.2. The average molecular weight is 492 g/mol. The first-order valence-electron chi connectivity index (χ1n) is 11.3. The van der Waals surface area contributed by atoms with Crippen molar-refractivity contribution < 1.29 is 38.1 Å². The fourth-order valence-electron chi connectivity index (χ4n) is 3.68. The van der Waals surface area contributed by atoms with E-state index in [2.05, 4.69) is 0 Å². The summed E-state index contributed by atoms with van der Waals surface area (Å²) in [5, 5.41) is 0. The van der Waals surface area contributed by atoms with Crippen molar-refractivity contribution in [2.45, 2.75) is 13.8 Å². The molecule has 0 aliphatic carbocycles. The van der Waals surface area contributed by atoms with Crippen LogP contribution in [0.2, 0.25) is 0 Å². The Hall–Kier alpha value is -4.60. The molecular weight excluding hydrogens is 468 g/mol. The highest BCUT2D eigenvalue weighted by Gasteiger charge is 2.29. The van der Waals surface area contributed by atoms with E-state index in [0.29, 0.717) is 24.7 Å². The minimum Gasteiger partial charge on any atom is -0.494 e. The largest absolute Gasteiger partial charge is 0.494 e. The zero-order valence-electron chi connectivity index (χ0n) is 19.8. The van der Waals surface area contributed by atoms with Gasteiger partial charge in [-0.1, -0.05) is 0 Å². The first-order valence-corrected chi connectivity index (χ1v) is 11.3. The van der Waals surface area contributed by atoms with Gasteiger partial charge in [-0.25, -0.2) is 9.80 Å². The fraction of sp³-hybridized carbons (Fsp3) is 0.231. The predicted molar refractivity (Wildman–Crippen MR) is 129 cm³/mol. The Bertz CT molecular complexity index is 1130. The molecule has 2 aliphatic rings. The molecular formula is C26H24N2O8. The van der Waals surface area contributed by atoms with E-state index >= 15 is 0 Å². The molecule has 0 unspecified atom stereocenters. The molecule has 0 spiro atoms. The van der Waals surface area contributed by atoms with Crippen LogP contribution in [0.3, 0.4) is 0 Å². The molecule has 0 fully saturated rings. The number of benzene rings is 2. The average Bonchev–Trinajstić information content (AvgIpc) is 3.37. The fourth-order valence-corrected chi connectivity index (χ4v) is 3.68. The molecule has 4 amide bonds. The number of amides is 4. The molecule has 10 heteroatoms. The van der Waals surface area contributed by atoms with Gasteiger partial charge in [0.05, 0.1) is 24.6 Å². The Labute approximate surface area is 207 Å². The van der Waals surface area contributed by atoms with Crippen LogP contribution >= 0.6 is 0 Å². The second-order valence-corrected chi connectivity index (χ2v) is 7.51. The maximum Gasteiger partial charge on any atom is 0.258 e. The monoisotopic (exact) mass is 492 g/mol. The molecule has 2 aromatic rings. The van der Waals surface area contributed by atoms with Crippen molar-refractivity contribution in [3.63, 3.8) is 0 Å². The Kier molecular flexibility index (Phi) is 7.33. The zero-order valence-corrected chi connectivity index (χ0v) is 19.8. The smallest absolute Gasteiger partial charge is 0.258 e. The topological polar surface area (TPSA) is 112 Å². The molecule has 0 aromatic heterocycles. The van der Waals surface area contributed by atoms with Gasteiger partial charge < -0.3 is 18.9 Å². The molecule has 4 rings (SSSR count). The van der Waals surface area contributed by atoms with Crippen LogP contribution in [0.1, 0.15) is 13.8 Å². The van der Waals surface area contributed by atoms with E-state index in [0.717, 1.165) is 9.80 Å². The number of ether oxygens (including phenoxy) is 4. The van der Waals surface area contributed by atoms with Crippen LogP contribution in [0.25, 0.3) is 0 Å². The van der Waals surface area contributed by atoms with Gasteiger partial charge in [-0.2, -0.15) is 0 Å². The van der Waals surface area contributed by atoms with Gasteiger partial charge in [0.15, 0.2) is 0 Å². The number of hydrogen-bond acceptors (Lipinski definition) is 8. The highest BCUT2D eigenvalue weighted by molar-refractivity contribution is 6.29. The van der Waals surface area contributed by atoms with Gasteiger partial charge in [0.2, 0.25) is 0 Å². The van der Waals surface area contributed by atoms with Gasteiger partial charge in [0.1, 0.15) is 36.2 Å². The van der Waals surface area contributed by atoms with Gasteiger partial charge in [0.25, 0.3) is 23.6 Å². The lowest BCUT2D eigenvalue weighted by molar-refractivity contribution is -0.121. The Balaban J connectivity index is 1.51. The van der Waals surface area contributed by atoms with E-state index in [1.807, 2.05) is 13.8 Å². The van der Waals surface area contributed by atoms with Crippen LogP contribution in [-0.2, 0) is 19.2 Å². The van der Waals surface area contributed by atoms with E-state index in [-0.39, 0.29) is 36.1 Å². The minimum atomic E-state index is -0.476. The molecule has 0 saturated heterocycles. The molecule has 10 nitrogen and oxygen atoms in total. The van der Waals surface area contributed by atoms with Gasteiger partial charge in [-0.15, -0.1) is 0 Å². The summed E-state index contributed by atoms with van der Waals surface area (Å²) in [7, 11) is 0. The number of carbonyl (C=O) groups is 4. The number of hydrogen-bond donors (Lipinski definition) is 0. The molecule has 186 valence electrons. The number of carbonyl (C=O) groups excluding carboxylic acids is 4. The summed E-state index contributed by atoms with van der Waals surface area (Å²) in [5.74, 6) is -0.372. The maximum atomic E-state index is 12.2. The van der Waals surface area contributed by atoms with Crippen molar-refractivity contribution in [3.8, 4) is 23.0 Å². The van der Waals surface area contributed by atoms with Gasteiger partial charge in [0, 0.05) is 36.4 Å². The Morgan fingerprint density at radius 3 is 1.25 bits per heavy atom. The van der Waals surface area contributed by atoms with Crippen LogP contribution in [0.5, 0.6) is 23.0 Å². The number of rotatable bonds is 11. The minimum absolute atomic E-state index is 0.0185. The van der Waals surface area contributed by atoms with Gasteiger partial charge >= 0.3 is 0 Å². The Morgan fingerprint density at radius 2 is 0.917 bits per heavy atom. The lowest BCUT2D eigenvalue weighted by Gasteiger charge is -2.21. The Morgan fingerprint density at radius 1 is 0.556 bits per heavy atom. The first-order chi connectivity index (χ1) is 17.4. The number of nitrogens with zero attached hydrogens (tertiary/aromatic N) is 2. The summed E-state index contributed by atoms with van der Waals surface area (Å²) >= 11 is 0. The van der Waals surface area contributed by atoms with E-state index in [1.165, 1.54) is 24.3 Å². The summed E-state index contributed by atoms with van der Waals surface area (Å²) < 4.78 is 22.8. The molecule has 2 heterocycles. The zero-order chi connectivity index (χ0) is 25.7. The molecule has 0 radical (unpaired) electrons. The van der Waals surface area contributed by atoms with Crippen molar-refractivity contribution in [1.29, 1.82) is 0 Å². The summed E-state index contributed by atoms with van der Waals surface area (Å²) in [6.07, 6.45) is 4.76. The van der Waals surface area contributed by atoms with E-state index in [9.17, 15) is 19.2 Å². The van der Waals surface area contributed by atoms with Crippen LogP contribution in [0, 0.1) is 0 Å². The lowest BCUT2D eigenvalue weighted by Crippen LogP contribution is -2.30. The highest BCUT2D eigenvalue weighted by Crippen LogP contribution is 2.36. The van der Waals surface area contributed by atoms with Crippen LogP contribution < -0.4 is 28.7 Å². The van der Waals surface area contributed by atoms with E-state index < -0.39 is 23.6 Å².